The summed E-state index contributed by atoms with van der Waals surface area (Å²) >= 11 is 0. The molecule has 1 unspecified atom stereocenters. The molecule has 0 bridgehead atoms. The van der Waals surface area contributed by atoms with Crippen LogP contribution in [0, 0.1) is 25.6 Å². The number of aromatic nitrogens is 2. The number of rotatable bonds is 3. The number of aryl methyl sites for hydroxylation is 2. The largest absolute Gasteiger partial charge is 0.340 e. The van der Waals surface area contributed by atoms with Gasteiger partial charge in [-0.1, -0.05) is 12.1 Å². The molecule has 1 aliphatic heterocycles. The van der Waals surface area contributed by atoms with Gasteiger partial charge in [0.1, 0.15) is 5.82 Å². The molecule has 0 spiro atoms. The topological polar surface area (TPSA) is 58.1 Å². The van der Waals surface area contributed by atoms with Gasteiger partial charge in [-0.05, 0) is 44.9 Å². The van der Waals surface area contributed by atoms with Crippen molar-refractivity contribution in [2.45, 2.75) is 26.7 Å². The van der Waals surface area contributed by atoms with E-state index >= 15 is 0 Å². The normalized spacial score (nSPS) is 17.6. The molecule has 0 saturated carbocycles. The second-order valence-electron chi connectivity index (χ2n) is 6.20. The Bertz CT molecular complexity index is 729. The van der Waals surface area contributed by atoms with Gasteiger partial charge in [0.15, 0.2) is 0 Å². The highest BCUT2D eigenvalue weighted by atomic mass is 19.1. The number of benzene rings is 1. The van der Waals surface area contributed by atoms with Crippen LogP contribution >= 0.6 is 0 Å². The molecule has 2 heterocycles. The quantitative estimate of drug-likeness (QED) is 0.941. The van der Waals surface area contributed by atoms with Crippen molar-refractivity contribution in [3.8, 4) is 0 Å². The van der Waals surface area contributed by atoms with Gasteiger partial charge in [-0.25, -0.2) is 14.4 Å². The molecular weight excluding hydrogens is 307 g/mol. The van der Waals surface area contributed by atoms with Gasteiger partial charge in [-0.3, -0.25) is 4.79 Å². The second-order valence-corrected chi connectivity index (χ2v) is 6.20. The van der Waals surface area contributed by atoms with E-state index in [1.165, 1.54) is 6.07 Å². The highest BCUT2D eigenvalue weighted by molar-refractivity contribution is 5.93. The minimum Gasteiger partial charge on any atom is -0.340 e. The van der Waals surface area contributed by atoms with Crippen LogP contribution in [0.1, 0.15) is 24.2 Å². The Morgan fingerprint density at radius 2 is 1.96 bits per heavy atom. The Labute approximate surface area is 140 Å². The molecular formula is C18H21FN4O. The van der Waals surface area contributed by atoms with Crippen molar-refractivity contribution in [1.29, 1.82) is 0 Å². The number of para-hydroxylation sites is 1. The summed E-state index contributed by atoms with van der Waals surface area (Å²) in [6, 6.07) is 8.14. The van der Waals surface area contributed by atoms with Crippen molar-refractivity contribution in [3.05, 3.63) is 47.5 Å². The molecule has 1 N–H and O–H groups in total. The van der Waals surface area contributed by atoms with E-state index in [0.29, 0.717) is 12.5 Å². The molecule has 1 aromatic heterocycles. The van der Waals surface area contributed by atoms with Gasteiger partial charge in [0.05, 0.1) is 11.6 Å². The lowest BCUT2D eigenvalue weighted by atomic mass is 9.97. The van der Waals surface area contributed by atoms with E-state index in [2.05, 4.69) is 15.3 Å². The molecule has 1 aromatic carbocycles. The number of hydrogen-bond donors (Lipinski definition) is 1. The lowest BCUT2D eigenvalue weighted by Crippen LogP contribution is -2.41. The number of nitrogens with one attached hydrogen (secondary N) is 1. The van der Waals surface area contributed by atoms with E-state index < -0.39 is 5.82 Å². The molecule has 126 valence electrons. The van der Waals surface area contributed by atoms with E-state index in [1.807, 2.05) is 24.8 Å². The van der Waals surface area contributed by atoms with Crippen LogP contribution in [-0.4, -0.2) is 29.0 Å². The summed E-state index contributed by atoms with van der Waals surface area (Å²) in [6.07, 6.45) is 1.66. The number of carbonyl (C=O) groups is 1. The number of amides is 1. The van der Waals surface area contributed by atoms with E-state index in [-0.39, 0.29) is 17.5 Å². The van der Waals surface area contributed by atoms with Gasteiger partial charge in [-0.15, -0.1) is 0 Å². The van der Waals surface area contributed by atoms with Crippen molar-refractivity contribution in [2.75, 3.05) is 23.3 Å². The zero-order valence-electron chi connectivity index (χ0n) is 13.9. The summed E-state index contributed by atoms with van der Waals surface area (Å²) in [4.78, 5) is 23.5. The van der Waals surface area contributed by atoms with E-state index in [1.54, 1.807) is 18.2 Å². The van der Waals surface area contributed by atoms with Crippen LogP contribution in [0.25, 0.3) is 0 Å². The highest BCUT2D eigenvalue weighted by Gasteiger charge is 2.27. The first kappa shape index (κ1) is 16.4. The van der Waals surface area contributed by atoms with E-state index in [9.17, 15) is 9.18 Å². The van der Waals surface area contributed by atoms with Crippen LogP contribution in [0.15, 0.2) is 30.3 Å². The summed E-state index contributed by atoms with van der Waals surface area (Å²) in [7, 11) is 0. The standard InChI is InChI=1S/C18H21FN4O/c1-12-10-13(2)21-18(20-12)23-9-5-6-14(11-23)17(24)22-16-8-4-3-7-15(16)19/h3-4,7-8,10,14H,5-6,9,11H2,1-2H3,(H,22,24). The van der Waals surface area contributed by atoms with E-state index in [4.69, 9.17) is 0 Å². The van der Waals surface area contributed by atoms with Crippen LogP contribution in [-0.2, 0) is 4.79 Å². The lowest BCUT2D eigenvalue weighted by molar-refractivity contribution is -0.120. The first-order valence-corrected chi connectivity index (χ1v) is 8.15. The maximum Gasteiger partial charge on any atom is 0.229 e. The Morgan fingerprint density at radius 1 is 1.25 bits per heavy atom. The summed E-state index contributed by atoms with van der Waals surface area (Å²) in [5.74, 6) is -0.121. The first-order chi connectivity index (χ1) is 11.5. The molecule has 1 atom stereocenters. The Kier molecular flexibility index (Phi) is 4.74. The van der Waals surface area contributed by atoms with Crippen LogP contribution in [0.4, 0.5) is 16.0 Å². The average molecular weight is 328 g/mol. The van der Waals surface area contributed by atoms with Crippen LogP contribution in [0.2, 0.25) is 0 Å². The molecule has 1 fully saturated rings. The highest BCUT2D eigenvalue weighted by Crippen LogP contribution is 2.23. The molecule has 6 heteroatoms. The van der Waals surface area contributed by atoms with Crippen molar-refractivity contribution in [2.24, 2.45) is 5.92 Å². The third-order valence-electron chi connectivity index (χ3n) is 4.18. The van der Waals surface area contributed by atoms with Crippen molar-refractivity contribution < 1.29 is 9.18 Å². The fourth-order valence-corrected chi connectivity index (χ4v) is 3.02. The minimum absolute atomic E-state index is 0.158. The zero-order chi connectivity index (χ0) is 17.1. The van der Waals surface area contributed by atoms with Crippen LogP contribution in [0.3, 0.4) is 0 Å². The predicted molar refractivity (Wildman–Crippen MR) is 91.5 cm³/mol. The maximum atomic E-state index is 13.7. The molecule has 24 heavy (non-hydrogen) atoms. The number of halogens is 1. The van der Waals surface area contributed by atoms with Crippen LogP contribution in [0.5, 0.6) is 0 Å². The molecule has 1 amide bonds. The fourth-order valence-electron chi connectivity index (χ4n) is 3.02. The minimum atomic E-state index is -0.420. The second kappa shape index (κ2) is 6.95. The van der Waals surface area contributed by atoms with Crippen molar-refractivity contribution in [1.82, 2.24) is 9.97 Å². The maximum absolute atomic E-state index is 13.7. The average Bonchev–Trinajstić information content (AvgIpc) is 2.56. The zero-order valence-corrected chi connectivity index (χ0v) is 13.9. The van der Waals surface area contributed by atoms with Crippen molar-refractivity contribution in [3.63, 3.8) is 0 Å². The number of carbonyl (C=O) groups excluding carboxylic acids is 1. The smallest absolute Gasteiger partial charge is 0.229 e. The van der Waals surface area contributed by atoms with E-state index in [0.717, 1.165) is 30.8 Å². The van der Waals surface area contributed by atoms with Gasteiger partial charge in [-0.2, -0.15) is 0 Å². The number of hydrogen-bond acceptors (Lipinski definition) is 4. The Morgan fingerprint density at radius 3 is 2.67 bits per heavy atom. The third kappa shape index (κ3) is 3.69. The van der Waals surface area contributed by atoms with Gasteiger partial charge in [0, 0.05) is 24.5 Å². The van der Waals surface area contributed by atoms with Crippen LogP contribution < -0.4 is 10.2 Å². The summed E-state index contributed by atoms with van der Waals surface area (Å²) in [6.45, 7) is 5.24. The first-order valence-electron chi connectivity index (χ1n) is 8.15. The Balaban J connectivity index is 1.71. The summed E-state index contributed by atoms with van der Waals surface area (Å²) in [5, 5.41) is 2.69. The Hall–Kier alpha value is -2.50. The van der Waals surface area contributed by atoms with Gasteiger partial charge in [0.2, 0.25) is 11.9 Å². The summed E-state index contributed by atoms with van der Waals surface area (Å²) < 4.78 is 13.7. The lowest BCUT2D eigenvalue weighted by Gasteiger charge is -2.32. The molecule has 1 saturated heterocycles. The molecule has 3 rings (SSSR count). The van der Waals surface area contributed by atoms with Crippen molar-refractivity contribution >= 4 is 17.5 Å². The fraction of sp³-hybridized carbons (Fsp3) is 0.389. The molecule has 5 nitrogen and oxygen atoms in total. The monoisotopic (exact) mass is 328 g/mol. The number of piperidine rings is 1. The summed E-state index contributed by atoms with van der Waals surface area (Å²) in [5.41, 5.74) is 2.05. The van der Waals surface area contributed by atoms with Gasteiger partial charge >= 0.3 is 0 Å². The number of nitrogens with zero attached hydrogens (tertiary/aromatic N) is 3. The molecule has 0 radical (unpaired) electrons. The molecule has 1 aliphatic rings. The third-order valence-corrected chi connectivity index (χ3v) is 4.18. The SMILES string of the molecule is Cc1cc(C)nc(N2CCCC(C(=O)Nc3ccccc3F)C2)n1. The number of anilines is 2. The predicted octanol–water partition coefficient (Wildman–Crippen LogP) is 3.09. The van der Waals surface area contributed by atoms with Gasteiger partial charge in [0.25, 0.3) is 0 Å². The molecule has 2 aromatic rings. The van der Waals surface area contributed by atoms with Gasteiger partial charge < -0.3 is 10.2 Å². The molecule has 0 aliphatic carbocycles.